The smallest absolute Gasteiger partial charge is 0.454 e. The average molecular weight is 276 g/mol. The number of carbonyl (C=O) groups is 1. The van der Waals surface area contributed by atoms with E-state index in [2.05, 4.69) is 0 Å². The fourth-order valence-corrected chi connectivity index (χ4v) is 1.28. The number of methoxy groups -OCH3 is 2. The van der Waals surface area contributed by atoms with Crippen LogP contribution in [0.5, 0.6) is 11.5 Å². The first kappa shape index (κ1) is 14.9. The van der Waals surface area contributed by atoms with Crippen molar-refractivity contribution < 1.29 is 32.5 Å². The van der Waals surface area contributed by atoms with Crippen molar-refractivity contribution in [2.24, 2.45) is 0 Å². The van der Waals surface area contributed by atoms with Crippen molar-refractivity contribution in [2.45, 2.75) is 6.18 Å². The lowest BCUT2D eigenvalue weighted by molar-refractivity contribution is -0.165. The minimum Gasteiger partial charge on any atom is -0.507 e. The molecule has 0 unspecified atom stereocenters. The van der Waals surface area contributed by atoms with Gasteiger partial charge in [0.05, 0.1) is 14.2 Å². The van der Waals surface area contributed by atoms with Crippen molar-refractivity contribution >= 4 is 11.5 Å². The third-order valence-electron chi connectivity index (χ3n) is 2.23. The summed E-state index contributed by atoms with van der Waals surface area (Å²) in [5, 5.41) is 9.48. The molecule has 104 valence electrons. The van der Waals surface area contributed by atoms with Crippen molar-refractivity contribution in [3.63, 3.8) is 0 Å². The molecule has 0 heterocycles. The Morgan fingerprint density at radius 2 is 1.79 bits per heavy atom. The predicted molar refractivity (Wildman–Crippen MR) is 61.2 cm³/mol. The Morgan fingerprint density at radius 1 is 1.21 bits per heavy atom. The first-order chi connectivity index (χ1) is 8.79. The lowest BCUT2D eigenvalue weighted by Crippen LogP contribution is -2.20. The molecule has 4 nitrogen and oxygen atoms in total. The second kappa shape index (κ2) is 5.64. The van der Waals surface area contributed by atoms with Gasteiger partial charge in [-0.2, -0.15) is 13.2 Å². The van der Waals surface area contributed by atoms with Crippen LogP contribution in [0.2, 0.25) is 0 Å². The molecule has 1 rings (SSSR count). The minimum absolute atomic E-state index is 0.00949. The molecule has 0 spiro atoms. The quantitative estimate of drug-likeness (QED) is 0.678. The van der Waals surface area contributed by atoms with Gasteiger partial charge in [-0.1, -0.05) is 0 Å². The fourth-order valence-electron chi connectivity index (χ4n) is 1.28. The monoisotopic (exact) mass is 276 g/mol. The van der Waals surface area contributed by atoms with Crippen LogP contribution in [-0.2, 0) is 4.79 Å². The largest absolute Gasteiger partial charge is 0.507 e. The van der Waals surface area contributed by atoms with Crippen LogP contribution in [0.25, 0.3) is 5.76 Å². The summed E-state index contributed by atoms with van der Waals surface area (Å²) in [5.41, 5.74) is 0.00949. The van der Waals surface area contributed by atoms with E-state index in [9.17, 15) is 23.1 Å². The van der Waals surface area contributed by atoms with Gasteiger partial charge in [-0.05, 0) is 18.2 Å². The molecule has 1 aromatic rings. The molecular formula is C12H11F3O4. The van der Waals surface area contributed by atoms with Crippen LogP contribution >= 0.6 is 0 Å². The Hall–Kier alpha value is -2.18. The van der Waals surface area contributed by atoms with Gasteiger partial charge >= 0.3 is 6.18 Å². The zero-order valence-corrected chi connectivity index (χ0v) is 10.1. The maximum atomic E-state index is 12.0. The van der Waals surface area contributed by atoms with Gasteiger partial charge < -0.3 is 14.6 Å². The summed E-state index contributed by atoms with van der Waals surface area (Å²) in [7, 11) is 2.73. The van der Waals surface area contributed by atoms with E-state index in [4.69, 9.17) is 9.47 Å². The molecule has 0 bridgehead atoms. The van der Waals surface area contributed by atoms with E-state index in [1.165, 1.54) is 32.4 Å². The van der Waals surface area contributed by atoms with Crippen LogP contribution in [0.1, 0.15) is 5.56 Å². The van der Waals surface area contributed by atoms with Crippen LogP contribution in [0.4, 0.5) is 13.2 Å². The lowest BCUT2D eigenvalue weighted by atomic mass is 10.1. The van der Waals surface area contributed by atoms with Gasteiger partial charge in [-0.25, -0.2) is 0 Å². The maximum absolute atomic E-state index is 12.0. The Bertz CT molecular complexity index is 506. The van der Waals surface area contributed by atoms with E-state index >= 15 is 0 Å². The summed E-state index contributed by atoms with van der Waals surface area (Å²) in [6.07, 6.45) is -4.91. The zero-order valence-electron chi connectivity index (χ0n) is 10.1. The van der Waals surface area contributed by atoms with Crippen LogP contribution in [0.3, 0.4) is 0 Å². The number of hydrogen-bond acceptors (Lipinski definition) is 4. The Labute approximate surface area is 107 Å². The van der Waals surface area contributed by atoms with Gasteiger partial charge in [0, 0.05) is 11.6 Å². The van der Waals surface area contributed by atoms with Crippen molar-refractivity contribution in [2.75, 3.05) is 14.2 Å². The minimum atomic E-state index is -5.02. The summed E-state index contributed by atoms with van der Waals surface area (Å²) in [4.78, 5) is 10.7. The van der Waals surface area contributed by atoms with Crippen molar-refractivity contribution in [3.05, 3.63) is 29.8 Å². The molecule has 0 aliphatic carbocycles. The number of hydrogen-bond donors (Lipinski definition) is 1. The highest BCUT2D eigenvalue weighted by molar-refractivity contribution is 5.99. The maximum Gasteiger partial charge on any atom is 0.454 e. The summed E-state index contributed by atoms with van der Waals surface area (Å²) >= 11 is 0. The summed E-state index contributed by atoms with van der Waals surface area (Å²) in [6, 6.07) is 3.96. The van der Waals surface area contributed by atoms with E-state index in [1.54, 1.807) is 0 Å². The molecule has 0 aromatic heterocycles. The molecule has 0 aliphatic heterocycles. The SMILES string of the molecule is COc1ccc(/C(O)=C\C(=O)C(F)(F)F)cc1OC. The molecule has 0 radical (unpaired) electrons. The highest BCUT2D eigenvalue weighted by Crippen LogP contribution is 2.30. The third kappa shape index (κ3) is 3.64. The molecular weight excluding hydrogens is 265 g/mol. The van der Waals surface area contributed by atoms with Gasteiger partial charge in [-0.15, -0.1) is 0 Å². The van der Waals surface area contributed by atoms with E-state index < -0.39 is 17.7 Å². The molecule has 1 N–H and O–H groups in total. The van der Waals surface area contributed by atoms with Gasteiger partial charge in [0.1, 0.15) is 5.76 Å². The number of ketones is 1. The number of benzene rings is 1. The van der Waals surface area contributed by atoms with E-state index in [-0.39, 0.29) is 17.4 Å². The first-order valence-electron chi connectivity index (χ1n) is 5.03. The third-order valence-corrected chi connectivity index (χ3v) is 2.23. The molecule has 0 atom stereocenters. The topological polar surface area (TPSA) is 55.8 Å². The van der Waals surface area contributed by atoms with E-state index in [0.29, 0.717) is 5.75 Å². The van der Waals surface area contributed by atoms with Crippen molar-refractivity contribution in [3.8, 4) is 11.5 Å². The number of allylic oxidation sites excluding steroid dienone is 1. The number of aliphatic hydroxyl groups is 1. The van der Waals surface area contributed by atoms with Gasteiger partial charge in [0.15, 0.2) is 11.5 Å². The predicted octanol–water partition coefficient (Wildman–Crippen LogP) is 2.73. The molecule has 0 fully saturated rings. The number of alkyl halides is 3. The standard InChI is InChI=1S/C12H11F3O4/c1-18-9-4-3-7(5-10(9)19-2)8(16)6-11(17)12(13,14)15/h3-6,16H,1-2H3/b8-6+. The van der Waals surface area contributed by atoms with E-state index in [1.807, 2.05) is 0 Å². The molecule has 0 saturated heterocycles. The van der Waals surface area contributed by atoms with Crippen LogP contribution in [0, 0.1) is 0 Å². The molecule has 0 aliphatic rings. The highest BCUT2D eigenvalue weighted by atomic mass is 19.4. The summed E-state index contributed by atoms with van der Waals surface area (Å²) in [5.74, 6) is -2.37. The van der Waals surface area contributed by atoms with Crippen molar-refractivity contribution in [1.82, 2.24) is 0 Å². The van der Waals surface area contributed by atoms with E-state index in [0.717, 1.165) is 0 Å². The number of carbonyl (C=O) groups excluding carboxylic acids is 1. The second-order valence-electron chi connectivity index (χ2n) is 3.46. The molecule has 1 aromatic carbocycles. The van der Waals surface area contributed by atoms with Crippen molar-refractivity contribution in [1.29, 1.82) is 0 Å². The Morgan fingerprint density at radius 3 is 2.26 bits per heavy atom. The summed E-state index contributed by atoms with van der Waals surface area (Å²) < 4.78 is 46.0. The molecule has 0 saturated carbocycles. The average Bonchev–Trinajstić information content (AvgIpc) is 2.36. The number of ether oxygens (including phenoxy) is 2. The van der Waals surface area contributed by atoms with Crippen LogP contribution < -0.4 is 9.47 Å². The highest BCUT2D eigenvalue weighted by Gasteiger charge is 2.37. The lowest BCUT2D eigenvalue weighted by Gasteiger charge is -2.09. The fraction of sp³-hybridized carbons (Fsp3) is 0.250. The zero-order chi connectivity index (χ0) is 14.6. The van der Waals surface area contributed by atoms with Gasteiger partial charge in [-0.3, -0.25) is 4.79 Å². The number of aliphatic hydroxyl groups excluding tert-OH is 1. The van der Waals surface area contributed by atoms with Gasteiger partial charge in [0.25, 0.3) is 5.78 Å². The Kier molecular flexibility index (Phi) is 4.42. The number of halogens is 3. The number of rotatable bonds is 4. The van der Waals surface area contributed by atoms with Gasteiger partial charge in [0.2, 0.25) is 0 Å². The van der Waals surface area contributed by atoms with Crippen LogP contribution in [0.15, 0.2) is 24.3 Å². The first-order valence-corrected chi connectivity index (χ1v) is 5.03. The van der Waals surface area contributed by atoms with Crippen LogP contribution in [-0.4, -0.2) is 31.3 Å². The molecule has 7 heteroatoms. The molecule has 0 amide bonds. The molecule has 19 heavy (non-hydrogen) atoms. The normalized spacial score (nSPS) is 12.2. The Balaban J connectivity index is 3.10. The second-order valence-corrected chi connectivity index (χ2v) is 3.46. The summed E-state index contributed by atoms with van der Waals surface area (Å²) in [6.45, 7) is 0.